The molecule has 0 fully saturated rings. The zero-order chi connectivity index (χ0) is 21.0. The first-order valence-electron chi connectivity index (χ1n) is 9.29. The van der Waals surface area contributed by atoms with Crippen LogP contribution in [0, 0.1) is 0 Å². The molecule has 0 radical (unpaired) electrons. The van der Waals surface area contributed by atoms with Gasteiger partial charge in [-0.1, -0.05) is 56.8 Å². The van der Waals surface area contributed by atoms with Crippen LogP contribution in [-0.2, 0) is 10.2 Å². The number of hydrogen-bond acceptors (Lipinski definition) is 5. The van der Waals surface area contributed by atoms with Gasteiger partial charge in [0.25, 0.3) is 0 Å². The van der Waals surface area contributed by atoms with E-state index in [-0.39, 0.29) is 22.9 Å². The monoisotopic (exact) mass is 408 g/mol. The molecule has 1 amide bonds. The van der Waals surface area contributed by atoms with Crippen LogP contribution < -0.4 is 5.32 Å². The molecule has 0 bridgehead atoms. The number of amides is 1. The number of hydrogen-bond donors (Lipinski definition) is 2. The maximum absolute atomic E-state index is 12.1. The van der Waals surface area contributed by atoms with Gasteiger partial charge < -0.3 is 5.32 Å². The van der Waals surface area contributed by atoms with E-state index in [2.05, 4.69) is 53.4 Å². The summed E-state index contributed by atoms with van der Waals surface area (Å²) in [5, 5.41) is 10.4. The normalized spacial score (nSPS) is 11.3. The number of carbonyl (C=O) groups excluding carboxylic acids is 2. The average molecular weight is 409 g/mol. The van der Waals surface area contributed by atoms with Crippen LogP contribution in [0.3, 0.4) is 0 Å². The predicted molar refractivity (Wildman–Crippen MR) is 116 cm³/mol. The second-order valence-corrected chi connectivity index (χ2v) is 8.71. The van der Waals surface area contributed by atoms with E-state index in [1.54, 1.807) is 24.3 Å². The summed E-state index contributed by atoms with van der Waals surface area (Å²) < 4.78 is 0. The number of Topliss-reactive ketones (excluding diaryl/α,β-unsaturated/α-hetero) is 1. The third-order valence-corrected chi connectivity index (χ3v) is 5.24. The van der Waals surface area contributed by atoms with E-state index in [0.717, 1.165) is 5.56 Å². The minimum Gasteiger partial charge on any atom is -0.325 e. The van der Waals surface area contributed by atoms with E-state index in [1.807, 2.05) is 12.1 Å². The molecule has 2 N–H and O–H groups in total. The Labute approximate surface area is 174 Å². The molecule has 0 saturated heterocycles. The first-order chi connectivity index (χ1) is 13.7. The molecule has 150 valence electrons. The topological polar surface area (TPSA) is 87.7 Å². The molecular weight excluding hydrogens is 384 g/mol. The van der Waals surface area contributed by atoms with Crippen molar-refractivity contribution < 1.29 is 9.59 Å². The molecule has 7 heteroatoms. The summed E-state index contributed by atoms with van der Waals surface area (Å²) in [4.78, 5) is 27.9. The van der Waals surface area contributed by atoms with Crippen LogP contribution in [0.5, 0.6) is 0 Å². The Morgan fingerprint density at radius 1 is 1.03 bits per heavy atom. The van der Waals surface area contributed by atoms with E-state index >= 15 is 0 Å². The Morgan fingerprint density at radius 2 is 1.69 bits per heavy atom. The fourth-order valence-corrected chi connectivity index (χ4v) is 3.28. The highest BCUT2D eigenvalue weighted by Crippen LogP contribution is 2.25. The maximum Gasteiger partial charge on any atom is 0.234 e. The minimum atomic E-state index is -0.161. The molecule has 0 saturated carbocycles. The summed E-state index contributed by atoms with van der Waals surface area (Å²) in [5.74, 6) is 0.695. The van der Waals surface area contributed by atoms with Gasteiger partial charge in [0.15, 0.2) is 11.6 Å². The van der Waals surface area contributed by atoms with Crippen molar-refractivity contribution in [1.82, 2.24) is 15.2 Å². The molecule has 29 heavy (non-hydrogen) atoms. The lowest BCUT2D eigenvalue weighted by Crippen LogP contribution is -2.14. The first kappa shape index (κ1) is 20.8. The summed E-state index contributed by atoms with van der Waals surface area (Å²) in [6, 6.07) is 15.0. The number of aromatic nitrogens is 3. The lowest BCUT2D eigenvalue weighted by atomic mass is 9.87. The van der Waals surface area contributed by atoms with Crippen molar-refractivity contribution in [3.8, 4) is 11.4 Å². The number of anilines is 1. The van der Waals surface area contributed by atoms with Gasteiger partial charge in [-0.05, 0) is 42.2 Å². The number of H-pyrrole nitrogens is 1. The van der Waals surface area contributed by atoms with Crippen molar-refractivity contribution in [2.24, 2.45) is 0 Å². The van der Waals surface area contributed by atoms with E-state index < -0.39 is 0 Å². The summed E-state index contributed by atoms with van der Waals surface area (Å²) in [6.07, 6.45) is 0. The summed E-state index contributed by atoms with van der Waals surface area (Å²) in [6.45, 7) is 8.03. The predicted octanol–water partition coefficient (Wildman–Crippen LogP) is 4.70. The number of benzene rings is 2. The molecule has 0 aliphatic rings. The number of carbonyl (C=O) groups is 2. The number of thioether (sulfide) groups is 1. The Balaban J connectivity index is 1.56. The molecule has 0 unspecified atom stereocenters. The molecule has 3 aromatic rings. The fraction of sp³-hybridized carbons (Fsp3) is 0.273. The molecule has 1 aromatic heterocycles. The van der Waals surface area contributed by atoms with Gasteiger partial charge in [0.1, 0.15) is 0 Å². The summed E-state index contributed by atoms with van der Waals surface area (Å²) in [5.41, 5.74) is 3.56. The van der Waals surface area contributed by atoms with E-state index in [4.69, 9.17) is 0 Å². The van der Waals surface area contributed by atoms with Crippen LogP contribution in [0.25, 0.3) is 11.4 Å². The van der Waals surface area contributed by atoms with Crippen LogP contribution >= 0.6 is 11.8 Å². The van der Waals surface area contributed by atoms with Crippen molar-refractivity contribution in [2.45, 2.75) is 38.3 Å². The number of aromatic amines is 1. The minimum absolute atomic E-state index is 0.00751. The summed E-state index contributed by atoms with van der Waals surface area (Å²) >= 11 is 1.26. The SMILES string of the molecule is CC(=O)c1ccc(NC(=O)CSc2n[nH]c(-c3ccc(C(C)(C)C)cc3)n2)cc1. The quantitative estimate of drug-likeness (QED) is 0.456. The van der Waals surface area contributed by atoms with Gasteiger partial charge in [-0.2, -0.15) is 0 Å². The average Bonchev–Trinajstić information content (AvgIpc) is 3.15. The summed E-state index contributed by atoms with van der Waals surface area (Å²) in [7, 11) is 0. The van der Waals surface area contributed by atoms with Gasteiger partial charge >= 0.3 is 0 Å². The first-order valence-corrected chi connectivity index (χ1v) is 10.3. The molecule has 1 heterocycles. The fourth-order valence-electron chi connectivity index (χ4n) is 2.68. The Kier molecular flexibility index (Phi) is 6.17. The van der Waals surface area contributed by atoms with Crippen LogP contribution in [0.4, 0.5) is 5.69 Å². The molecule has 6 nitrogen and oxygen atoms in total. The lowest BCUT2D eigenvalue weighted by molar-refractivity contribution is -0.113. The Morgan fingerprint density at radius 3 is 2.28 bits per heavy atom. The third-order valence-electron chi connectivity index (χ3n) is 4.40. The highest BCUT2D eigenvalue weighted by atomic mass is 32.2. The lowest BCUT2D eigenvalue weighted by Gasteiger charge is -2.18. The van der Waals surface area contributed by atoms with Gasteiger partial charge in [-0.3, -0.25) is 14.7 Å². The molecule has 0 aliphatic carbocycles. The van der Waals surface area contributed by atoms with Gasteiger partial charge in [0.2, 0.25) is 11.1 Å². The zero-order valence-corrected chi connectivity index (χ0v) is 17.8. The third kappa shape index (κ3) is 5.54. The number of ketones is 1. The Bertz CT molecular complexity index is 1000. The molecule has 0 spiro atoms. The van der Waals surface area contributed by atoms with E-state index in [0.29, 0.717) is 22.2 Å². The molecule has 0 atom stereocenters. The van der Waals surface area contributed by atoms with Gasteiger partial charge in [-0.15, -0.1) is 5.10 Å². The largest absolute Gasteiger partial charge is 0.325 e. The van der Waals surface area contributed by atoms with Gasteiger partial charge in [0.05, 0.1) is 5.75 Å². The van der Waals surface area contributed by atoms with E-state index in [1.165, 1.54) is 24.2 Å². The second kappa shape index (κ2) is 8.61. The van der Waals surface area contributed by atoms with Gasteiger partial charge in [-0.25, -0.2) is 4.98 Å². The van der Waals surface area contributed by atoms with Crippen molar-refractivity contribution >= 4 is 29.1 Å². The van der Waals surface area contributed by atoms with Crippen molar-refractivity contribution in [1.29, 1.82) is 0 Å². The second-order valence-electron chi connectivity index (χ2n) is 7.76. The van der Waals surface area contributed by atoms with Gasteiger partial charge in [0, 0.05) is 16.8 Å². The standard InChI is InChI=1S/C22H24N4O2S/c1-14(27)15-7-11-18(12-8-15)23-19(28)13-29-21-24-20(25-26-21)16-5-9-17(10-6-16)22(2,3)4/h5-12H,13H2,1-4H3,(H,23,28)(H,24,25,26). The van der Waals surface area contributed by atoms with Crippen molar-refractivity contribution in [3.63, 3.8) is 0 Å². The molecule has 3 rings (SSSR count). The molecule has 2 aromatic carbocycles. The van der Waals surface area contributed by atoms with Crippen molar-refractivity contribution in [2.75, 3.05) is 11.1 Å². The van der Waals surface area contributed by atoms with Crippen LogP contribution in [-0.4, -0.2) is 32.6 Å². The number of nitrogens with one attached hydrogen (secondary N) is 2. The molecular formula is C22H24N4O2S. The molecule has 0 aliphatic heterocycles. The Hall–Kier alpha value is -2.93. The zero-order valence-electron chi connectivity index (χ0n) is 16.9. The van der Waals surface area contributed by atoms with E-state index in [9.17, 15) is 9.59 Å². The van der Waals surface area contributed by atoms with Crippen LogP contribution in [0.2, 0.25) is 0 Å². The number of nitrogens with zero attached hydrogens (tertiary/aromatic N) is 2. The van der Waals surface area contributed by atoms with Crippen LogP contribution in [0.1, 0.15) is 43.6 Å². The highest BCUT2D eigenvalue weighted by molar-refractivity contribution is 7.99. The maximum atomic E-state index is 12.1. The van der Waals surface area contributed by atoms with Crippen molar-refractivity contribution in [3.05, 3.63) is 59.7 Å². The highest BCUT2D eigenvalue weighted by Gasteiger charge is 2.14. The van der Waals surface area contributed by atoms with Crippen LogP contribution in [0.15, 0.2) is 53.7 Å². The smallest absolute Gasteiger partial charge is 0.234 e. The number of rotatable bonds is 6.